The number of quaternary nitrogens is 1. The van der Waals surface area contributed by atoms with Gasteiger partial charge >= 0.3 is 0 Å². The van der Waals surface area contributed by atoms with Gasteiger partial charge < -0.3 is 9.64 Å². The molecule has 2 aliphatic rings. The monoisotopic (exact) mass is 409 g/mol. The maximum atomic E-state index is 12.9. The number of rotatable bonds is 5. The fourth-order valence-corrected chi connectivity index (χ4v) is 3.80. The molecule has 2 aliphatic heterocycles. The molecule has 0 aromatic heterocycles. The normalized spacial score (nSPS) is 17.2. The molecule has 2 heterocycles. The summed E-state index contributed by atoms with van der Waals surface area (Å²) in [6, 6.07) is 11.9. The number of benzene rings is 2. The molecule has 0 saturated carbocycles. The molecule has 1 fully saturated rings. The van der Waals surface area contributed by atoms with Gasteiger partial charge in [0.2, 0.25) is 0 Å². The van der Waals surface area contributed by atoms with E-state index >= 15 is 0 Å². The van der Waals surface area contributed by atoms with Crippen LogP contribution in [0.4, 0.5) is 0 Å². The molecule has 0 spiro atoms. The van der Waals surface area contributed by atoms with E-state index < -0.39 is 0 Å². The molecule has 30 heavy (non-hydrogen) atoms. The topological polar surface area (TPSA) is 83.4 Å². The lowest BCUT2D eigenvalue weighted by molar-refractivity contribution is -0.884. The summed E-state index contributed by atoms with van der Waals surface area (Å²) in [7, 11) is 3.64. The van der Waals surface area contributed by atoms with Gasteiger partial charge in [0.1, 0.15) is 5.75 Å². The third kappa shape index (κ3) is 3.79. The van der Waals surface area contributed by atoms with Gasteiger partial charge in [-0.25, -0.2) is 5.01 Å². The van der Waals surface area contributed by atoms with E-state index in [1.807, 2.05) is 5.01 Å². The number of methoxy groups -OCH3 is 1. The third-order valence-corrected chi connectivity index (χ3v) is 5.60. The number of hydrogen-bond acceptors (Lipinski definition) is 5. The first-order chi connectivity index (χ1) is 14.5. The first-order valence-electron chi connectivity index (χ1n) is 9.97. The first-order valence-corrected chi connectivity index (χ1v) is 9.97. The predicted molar refractivity (Wildman–Crippen MR) is 109 cm³/mol. The van der Waals surface area contributed by atoms with Crippen molar-refractivity contribution in [2.75, 3.05) is 40.3 Å². The molecule has 0 atom stereocenters. The summed E-state index contributed by atoms with van der Waals surface area (Å²) in [5, 5.41) is 1.91. The number of carbonyl (C=O) groups is 3. The number of nitrogens with zero attached hydrogens (tertiary/aromatic N) is 2. The van der Waals surface area contributed by atoms with E-state index in [1.165, 1.54) is 16.9 Å². The summed E-state index contributed by atoms with van der Waals surface area (Å²) in [6.45, 7) is 3.55. The van der Waals surface area contributed by atoms with Crippen molar-refractivity contribution in [3.8, 4) is 5.75 Å². The lowest BCUT2D eigenvalue weighted by atomic mass is 10.1. The second-order valence-corrected chi connectivity index (χ2v) is 7.66. The van der Waals surface area contributed by atoms with Gasteiger partial charge in [-0.05, 0) is 29.8 Å². The standard InChI is InChI=1S/C22H24N4O4/c1-24-9-11-25(12-10-24)23-20(27)18-13-15(7-8-19(18)30-2)14-26-21(28)16-5-3-4-6-17(16)22(26)29/h3-8,13H,9-12,14H2,1-2H3,(H,23,27)/p+1. The van der Waals surface area contributed by atoms with Crippen LogP contribution >= 0.6 is 0 Å². The lowest BCUT2D eigenvalue weighted by Gasteiger charge is -2.30. The van der Waals surface area contributed by atoms with Crippen LogP contribution in [-0.2, 0) is 6.54 Å². The van der Waals surface area contributed by atoms with Gasteiger partial charge in [0, 0.05) is 0 Å². The Morgan fingerprint density at radius 1 is 1.07 bits per heavy atom. The Hall–Kier alpha value is -3.23. The van der Waals surface area contributed by atoms with Crippen molar-refractivity contribution in [2.24, 2.45) is 0 Å². The molecule has 0 bridgehead atoms. The van der Waals surface area contributed by atoms with Gasteiger partial charge in [-0.3, -0.25) is 24.7 Å². The zero-order chi connectivity index (χ0) is 21.3. The average Bonchev–Trinajstić information content (AvgIpc) is 3.00. The molecule has 3 amide bonds. The second kappa shape index (κ2) is 8.25. The van der Waals surface area contributed by atoms with E-state index in [0.29, 0.717) is 28.0 Å². The van der Waals surface area contributed by atoms with E-state index in [-0.39, 0.29) is 24.3 Å². The number of amides is 3. The molecular formula is C22H25N4O4+. The fourth-order valence-electron chi connectivity index (χ4n) is 3.80. The molecule has 0 unspecified atom stereocenters. The zero-order valence-electron chi connectivity index (χ0n) is 17.1. The van der Waals surface area contributed by atoms with Gasteiger partial charge in [0.05, 0.1) is 63.6 Å². The largest absolute Gasteiger partial charge is 0.496 e. The molecule has 2 aromatic rings. The van der Waals surface area contributed by atoms with Crippen molar-refractivity contribution in [3.05, 3.63) is 64.7 Å². The number of carbonyl (C=O) groups excluding carboxylic acids is 3. The molecular weight excluding hydrogens is 384 g/mol. The molecule has 2 N–H and O–H groups in total. The Balaban J connectivity index is 1.52. The van der Waals surface area contributed by atoms with E-state index in [1.54, 1.807) is 42.5 Å². The summed E-state index contributed by atoms with van der Waals surface area (Å²) in [5.74, 6) is -0.469. The third-order valence-electron chi connectivity index (χ3n) is 5.60. The zero-order valence-corrected chi connectivity index (χ0v) is 17.1. The molecule has 156 valence electrons. The maximum Gasteiger partial charge on any atom is 0.269 e. The van der Waals surface area contributed by atoms with Crippen LogP contribution in [0, 0.1) is 0 Å². The van der Waals surface area contributed by atoms with E-state index in [4.69, 9.17) is 4.74 Å². The van der Waals surface area contributed by atoms with Crippen molar-refractivity contribution >= 4 is 17.7 Å². The Bertz CT molecular complexity index is 963. The number of likely N-dealkylation sites (N-methyl/N-ethyl adjacent to an activating group) is 1. The predicted octanol–water partition coefficient (Wildman–Crippen LogP) is -0.0335. The Morgan fingerprint density at radius 2 is 1.70 bits per heavy atom. The first kappa shape index (κ1) is 20.1. The highest BCUT2D eigenvalue weighted by molar-refractivity contribution is 6.21. The number of fused-ring (bicyclic) bond motifs is 1. The SMILES string of the molecule is COc1ccc(CN2C(=O)c3ccccc3C2=O)cc1C(=O)NN1CC[NH+](C)CC1. The van der Waals surface area contributed by atoms with Crippen LogP contribution in [0.25, 0.3) is 0 Å². The van der Waals surface area contributed by atoms with Crippen LogP contribution in [0.5, 0.6) is 5.75 Å². The number of piperazine rings is 1. The molecule has 8 heteroatoms. The molecule has 8 nitrogen and oxygen atoms in total. The molecule has 4 rings (SSSR count). The van der Waals surface area contributed by atoms with Crippen molar-refractivity contribution < 1.29 is 24.0 Å². The van der Waals surface area contributed by atoms with Crippen LogP contribution in [0.3, 0.4) is 0 Å². The maximum absolute atomic E-state index is 12.9. The van der Waals surface area contributed by atoms with Gasteiger partial charge in [0.15, 0.2) is 0 Å². The summed E-state index contributed by atoms with van der Waals surface area (Å²) >= 11 is 0. The Kier molecular flexibility index (Phi) is 5.52. The van der Waals surface area contributed by atoms with Gasteiger partial charge in [-0.15, -0.1) is 0 Å². The summed E-state index contributed by atoms with van der Waals surface area (Å²) < 4.78 is 5.36. The van der Waals surface area contributed by atoms with Crippen molar-refractivity contribution in [1.29, 1.82) is 0 Å². The molecule has 1 saturated heterocycles. The minimum atomic E-state index is -0.322. The average molecular weight is 409 g/mol. The van der Waals surface area contributed by atoms with Crippen LogP contribution in [0.15, 0.2) is 42.5 Å². The lowest BCUT2D eigenvalue weighted by Crippen LogP contribution is -3.12. The van der Waals surface area contributed by atoms with Crippen LogP contribution in [-0.4, -0.2) is 68.0 Å². The fraction of sp³-hybridized carbons (Fsp3) is 0.318. The molecule has 2 aromatic carbocycles. The molecule has 0 aliphatic carbocycles. The summed E-state index contributed by atoms with van der Waals surface area (Å²) in [6.07, 6.45) is 0. The second-order valence-electron chi connectivity index (χ2n) is 7.66. The van der Waals surface area contributed by atoms with Crippen molar-refractivity contribution in [3.63, 3.8) is 0 Å². The summed E-state index contributed by atoms with van der Waals surface area (Å²) in [4.78, 5) is 40.8. The van der Waals surface area contributed by atoms with Crippen molar-refractivity contribution in [1.82, 2.24) is 15.3 Å². The highest BCUT2D eigenvalue weighted by atomic mass is 16.5. The number of hydrazine groups is 1. The summed E-state index contributed by atoms with van der Waals surface area (Å²) in [5.41, 5.74) is 4.81. The number of imide groups is 1. The molecule has 0 radical (unpaired) electrons. The highest BCUT2D eigenvalue weighted by Crippen LogP contribution is 2.26. The number of hydrogen-bond donors (Lipinski definition) is 2. The van der Waals surface area contributed by atoms with Crippen LogP contribution in [0.2, 0.25) is 0 Å². The van der Waals surface area contributed by atoms with E-state index in [9.17, 15) is 14.4 Å². The minimum absolute atomic E-state index is 0.0918. The number of ether oxygens (including phenoxy) is 1. The van der Waals surface area contributed by atoms with E-state index in [0.717, 1.165) is 26.2 Å². The van der Waals surface area contributed by atoms with Gasteiger partial charge in [-0.2, -0.15) is 0 Å². The van der Waals surface area contributed by atoms with Gasteiger partial charge in [0.25, 0.3) is 17.7 Å². The smallest absolute Gasteiger partial charge is 0.269 e. The minimum Gasteiger partial charge on any atom is -0.496 e. The van der Waals surface area contributed by atoms with E-state index in [2.05, 4.69) is 12.5 Å². The van der Waals surface area contributed by atoms with Crippen LogP contribution in [0.1, 0.15) is 36.6 Å². The van der Waals surface area contributed by atoms with Gasteiger partial charge in [-0.1, -0.05) is 18.2 Å². The number of nitrogens with one attached hydrogen (secondary N) is 2. The van der Waals surface area contributed by atoms with Crippen LogP contribution < -0.4 is 15.1 Å². The quantitative estimate of drug-likeness (QED) is 0.678. The Morgan fingerprint density at radius 3 is 2.30 bits per heavy atom. The van der Waals surface area contributed by atoms with Crippen molar-refractivity contribution in [2.45, 2.75) is 6.54 Å². The highest BCUT2D eigenvalue weighted by Gasteiger charge is 2.35. The Labute approximate surface area is 175 Å².